The molecule has 0 aliphatic heterocycles. The summed E-state index contributed by atoms with van der Waals surface area (Å²) in [6.07, 6.45) is 2.54. The Kier molecular flexibility index (Phi) is 7.67. The van der Waals surface area contributed by atoms with Crippen molar-refractivity contribution in [1.29, 1.82) is 0 Å². The quantitative estimate of drug-likeness (QED) is 0.125. The van der Waals surface area contributed by atoms with Crippen LogP contribution in [-0.4, -0.2) is 33.9 Å². The van der Waals surface area contributed by atoms with Gasteiger partial charge in [0.05, 0.1) is 35.0 Å². The molecule has 0 saturated heterocycles. The first-order valence-corrected chi connectivity index (χ1v) is 15.0. The summed E-state index contributed by atoms with van der Waals surface area (Å²) in [6, 6.07) is 9.56. The maximum absolute atomic E-state index is 14.2. The second-order valence-corrected chi connectivity index (χ2v) is 12.0. The molecule has 3 heterocycles. The first-order chi connectivity index (χ1) is 22.2. The average Bonchev–Trinajstić information content (AvgIpc) is 3.57. The van der Waals surface area contributed by atoms with E-state index in [-0.39, 0.29) is 40.8 Å². The highest BCUT2D eigenvalue weighted by Crippen LogP contribution is 2.31. The number of ketones is 1. The van der Waals surface area contributed by atoms with Gasteiger partial charge in [-0.05, 0) is 55.3 Å². The Morgan fingerprint density at radius 1 is 0.915 bits per heavy atom. The van der Waals surface area contributed by atoms with Gasteiger partial charge in [0.1, 0.15) is 23.3 Å². The average molecular weight is 669 g/mol. The third-order valence-corrected chi connectivity index (χ3v) is 8.57. The number of pyridine rings is 1. The number of hydrogen-bond acceptors (Lipinski definition) is 7. The lowest BCUT2D eigenvalue weighted by atomic mass is 10.1. The van der Waals surface area contributed by atoms with Crippen LogP contribution >= 0.6 is 0 Å². The predicted octanol–water partition coefficient (Wildman–Crippen LogP) is 6.47. The van der Waals surface area contributed by atoms with Crippen molar-refractivity contribution in [3.63, 3.8) is 0 Å². The number of nitrogen functional groups attached to an aromatic ring is 1. The number of carbonyl (C=O) groups is 1. The first kappa shape index (κ1) is 31.2. The maximum Gasteiger partial charge on any atom is 0.267 e. The van der Waals surface area contributed by atoms with Crippen molar-refractivity contribution in [2.75, 3.05) is 10.5 Å². The van der Waals surface area contributed by atoms with Crippen LogP contribution in [0.1, 0.15) is 27.2 Å². The third kappa shape index (κ3) is 5.74. The van der Waals surface area contributed by atoms with Crippen LogP contribution in [0.3, 0.4) is 0 Å². The van der Waals surface area contributed by atoms with Gasteiger partial charge in [-0.2, -0.15) is 5.10 Å². The minimum Gasteiger partial charge on any atom is -0.433 e. The van der Waals surface area contributed by atoms with Gasteiger partial charge in [-0.15, -0.1) is 0 Å². The summed E-state index contributed by atoms with van der Waals surface area (Å²) in [7, 11) is -4.81. The van der Waals surface area contributed by atoms with Gasteiger partial charge >= 0.3 is 0 Å². The molecule has 6 rings (SSSR count). The second kappa shape index (κ2) is 11.5. The number of fused-ring (bicyclic) bond motifs is 1. The molecule has 47 heavy (non-hydrogen) atoms. The lowest BCUT2D eigenvalue weighted by Crippen LogP contribution is -2.17. The van der Waals surface area contributed by atoms with Crippen LogP contribution in [0.15, 0.2) is 71.9 Å². The summed E-state index contributed by atoms with van der Waals surface area (Å²) in [5, 5.41) is 4.70. The number of benzene rings is 3. The third-order valence-electron chi connectivity index (χ3n) is 7.15. The summed E-state index contributed by atoms with van der Waals surface area (Å²) < 4.78 is 104. The fraction of sp³-hybridized carbons (Fsp3) is 0.0645. The number of sulfonamides is 1. The molecular weight excluding hydrogens is 647 g/mol. The zero-order valence-corrected chi connectivity index (χ0v) is 25.0. The Labute approximate surface area is 262 Å². The van der Waals surface area contributed by atoms with Gasteiger partial charge in [-0.1, -0.05) is 6.07 Å². The topological polar surface area (TPSA) is 145 Å². The molecule has 0 spiro atoms. The van der Waals surface area contributed by atoms with Crippen molar-refractivity contribution in [3.05, 3.63) is 118 Å². The Balaban J connectivity index is 1.27. The van der Waals surface area contributed by atoms with E-state index < -0.39 is 55.5 Å². The number of ether oxygens (including phenoxy) is 1. The van der Waals surface area contributed by atoms with Crippen LogP contribution < -0.4 is 15.2 Å². The largest absolute Gasteiger partial charge is 0.433 e. The number of H-pyrrole nitrogens is 1. The lowest BCUT2D eigenvalue weighted by molar-refractivity contribution is 0.103. The molecule has 10 nitrogen and oxygen atoms in total. The number of nitrogens with two attached hydrogens (primary N) is 1. The van der Waals surface area contributed by atoms with Gasteiger partial charge < -0.3 is 15.5 Å². The number of aromatic amines is 1. The Bertz CT molecular complexity index is 2310. The zero-order chi connectivity index (χ0) is 33.8. The molecule has 0 saturated carbocycles. The Hall–Kier alpha value is -5.77. The van der Waals surface area contributed by atoms with E-state index in [0.717, 1.165) is 12.1 Å². The maximum atomic E-state index is 14.2. The number of aromatic nitrogens is 4. The molecule has 0 aliphatic carbocycles. The van der Waals surface area contributed by atoms with E-state index in [0.29, 0.717) is 27.7 Å². The number of halogens is 5. The van der Waals surface area contributed by atoms with Gasteiger partial charge in [-0.25, -0.2) is 40.0 Å². The number of nitrogens with one attached hydrogen (secondary N) is 2. The molecule has 0 amide bonds. The molecular formula is C31H21F5N6O4S. The van der Waals surface area contributed by atoms with E-state index in [1.54, 1.807) is 6.92 Å². The van der Waals surface area contributed by atoms with Crippen molar-refractivity contribution in [3.8, 4) is 17.3 Å². The standard InChI is InChI=1S/C31H21F5N6O4S/c1-14-6-16-8-25(40-24(16)11-23(14)41-47(44,45)30-21(35)9-17(32)10-22(30)36)28(43)18-12-39-42(31(18)37)26-13-38-27(7-15(26)2)46-29-19(33)4-3-5-20(29)34/h3-13,40-41H,37H2,1-2H3. The summed E-state index contributed by atoms with van der Waals surface area (Å²) in [5.74, 6) is -7.64. The van der Waals surface area contributed by atoms with Crippen molar-refractivity contribution in [1.82, 2.24) is 19.7 Å². The molecule has 0 aliphatic rings. The molecule has 0 bridgehead atoms. The fourth-order valence-corrected chi connectivity index (χ4v) is 6.11. The molecule has 3 aromatic heterocycles. The molecule has 4 N–H and O–H groups in total. The van der Waals surface area contributed by atoms with Gasteiger partial charge in [-0.3, -0.25) is 9.52 Å². The Morgan fingerprint density at radius 3 is 2.26 bits per heavy atom. The molecule has 0 unspecified atom stereocenters. The van der Waals surface area contributed by atoms with Crippen LogP contribution in [0.4, 0.5) is 33.5 Å². The van der Waals surface area contributed by atoms with Crippen LogP contribution in [0.25, 0.3) is 16.6 Å². The molecule has 3 aromatic carbocycles. The van der Waals surface area contributed by atoms with Crippen LogP contribution in [0.5, 0.6) is 11.6 Å². The number of hydrogen-bond donors (Lipinski definition) is 3. The molecule has 240 valence electrons. The van der Waals surface area contributed by atoms with Crippen LogP contribution in [0.2, 0.25) is 0 Å². The minimum absolute atomic E-state index is 0.00428. The lowest BCUT2D eigenvalue weighted by Gasteiger charge is -2.12. The van der Waals surface area contributed by atoms with Gasteiger partial charge in [0.15, 0.2) is 16.5 Å². The predicted molar refractivity (Wildman–Crippen MR) is 161 cm³/mol. The highest BCUT2D eigenvalue weighted by Gasteiger charge is 2.27. The summed E-state index contributed by atoms with van der Waals surface area (Å²) in [5.41, 5.74) is 7.79. The van der Waals surface area contributed by atoms with Crippen molar-refractivity contribution in [2.24, 2.45) is 0 Å². The minimum atomic E-state index is -4.81. The van der Waals surface area contributed by atoms with Crippen molar-refractivity contribution < 1.29 is 39.9 Å². The highest BCUT2D eigenvalue weighted by molar-refractivity contribution is 7.92. The van der Waals surface area contributed by atoms with E-state index >= 15 is 0 Å². The number of aryl methyl sites for hydroxylation is 2. The van der Waals surface area contributed by atoms with E-state index in [1.165, 1.54) is 54.3 Å². The number of nitrogens with zero attached hydrogens (tertiary/aromatic N) is 3. The van der Waals surface area contributed by atoms with E-state index in [2.05, 4.69) is 19.8 Å². The number of carbonyl (C=O) groups excluding carboxylic acids is 1. The first-order valence-electron chi connectivity index (χ1n) is 13.5. The molecule has 0 radical (unpaired) electrons. The molecule has 16 heteroatoms. The number of para-hydroxylation sites is 1. The van der Waals surface area contributed by atoms with Gasteiger partial charge in [0.25, 0.3) is 10.0 Å². The monoisotopic (exact) mass is 668 g/mol. The van der Waals surface area contributed by atoms with E-state index in [9.17, 15) is 35.2 Å². The second-order valence-electron chi connectivity index (χ2n) is 10.4. The SMILES string of the molecule is Cc1cc2cc(C(=O)c3cnn(-c4cnc(Oc5c(F)cccc5F)cc4C)c3N)[nH]c2cc1NS(=O)(=O)c1c(F)cc(F)cc1F. The molecule has 0 fully saturated rings. The Morgan fingerprint density at radius 2 is 1.60 bits per heavy atom. The number of rotatable bonds is 8. The van der Waals surface area contributed by atoms with Gasteiger partial charge in [0, 0.05) is 29.1 Å². The zero-order valence-electron chi connectivity index (χ0n) is 24.2. The van der Waals surface area contributed by atoms with Crippen LogP contribution in [-0.2, 0) is 10.0 Å². The molecule has 6 aromatic rings. The van der Waals surface area contributed by atoms with Gasteiger partial charge in [0.2, 0.25) is 17.4 Å². The van der Waals surface area contributed by atoms with Crippen molar-refractivity contribution in [2.45, 2.75) is 18.7 Å². The van der Waals surface area contributed by atoms with Crippen molar-refractivity contribution >= 4 is 38.2 Å². The highest BCUT2D eigenvalue weighted by atomic mass is 32.2. The fourth-order valence-electron chi connectivity index (χ4n) is 4.86. The normalized spacial score (nSPS) is 11.6. The summed E-state index contributed by atoms with van der Waals surface area (Å²) in [6.45, 7) is 3.18. The smallest absolute Gasteiger partial charge is 0.267 e. The van der Waals surface area contributed by atoms with E-state index in [4.69, 9.17) is 10.5 Å². The summed E-state index contributed by atoms with van der Waals surface area (Å²) >= 11 is 0. The van der Waals surface area contributed by atoms with E-state index in [1.807, 2.05) is 0 Å². The summed E-state index contributed by atoms with van der Waals surface area (Å²) in [4.78, 5) is 19.1. The molecule has 0 atom stereocenters. The van der Waals surface area contributed by atoms with Crippen LogP contribution in [0, 0.1) is 42.9 Å². The number of anilines is 2.